The molecule has 0 saturated carbocycles. The van der Waals surface area contributed by atoms with Crippen LogP contribution in [-0.4, -0.2) is 37.0 Å². The summed E-state index contributed by atoms with van der Waals surface area (Å²) >= 11 is 2.07. The van der Waals surface area contributed by atoms with Gasteiger partial charge in [0.05, 0.1) is 5.56 Å². The maximum atomic E-state index is 11.9. The quantitative estimate of drug-likeness (QED) is 0.503. The van der Waals surface area contributed by atoms with E-state index in [1.807, 2.05) is 0 Å². The zero-order valence-corrected chi connectivity index (χ0v) is 12.6. The Kier molecular flexibility index (Phi) is 4.94. The first kappa shape index (κ1) is 14.7. The van der Waals surface area contributed by atoms with Crippen molar-refractivity contribution >= 4 is 40.2 Å². The van der Waals surface area contributed by atoms with Crippen molar-refractivity contribution in [1.82, 2.24) is 4.90 Å². The van der Waals surface area contributed by atoms with E-state index in [2.05, 4.69) is 22.6 Å². The van der Waals surface area contributed by atoms with Gasteiger partial charge in [-0.2, -0.15) is 0 Å². The van der Waals surface area contributed by atoms with Gasteiger partial charge < -0.3 is 15.4 Å². The van der Waals surface area contributed by atoms with Crippen molar-refractivity contribution < 1.29 is 14.3 Å². The van der Waals surface area contributed by atoms with Crippen molar-refractivity contribution in [3.05, 3.63) is 27.3 Å². The molecular formula is C12H15IN2O3. The molecule has 0 radical (unpaired) electrons. The summed E-state index contributed by atoms with van der Waals surface area (Å²) in [4.78, 5) is 24.8. The number of ether oxygens (including phenoxy) is 1. The molecule has 18 heavy (non-hydrogen) atoms. The van der Waals surface area contributed by atoms with E-state index in [0.717, 1.165) is 3.57 Å². The van der Waals surface area contributed by atoms with Gasteiger partial charge in [0.25, 0.3) is 5.91 Å². The lowest BCUT2D eigenvalue weighted by molar-refractivity contribution is -0.137. The molecule has 1 amide bonds. The molecule has 1 rings (SSSR count). The number of benzene rings is 1. The SMILES string of the molecule is C[C@@H](OC(=O)c1cc(I)ccc1N)C(=O)N(C)C. The number of esters is 1. The fraction of sp³-hybridized carbons (Fsp3) is 0.333. The van der Waals surface area contributed by atoms with Gasteiger partial charge in [-0.15, -0.1) is 0 Å². The molecule has 1 aromatic carbocycles. The van der Waals surface area contributed by atoms with Gasteiger partial charge in [0, 0.05) is 23.4 Å². The van der Waals surface area contributed by atoms with Crippen LogP contribution in [0.1, 0.15) is 17.3 Å². The van der Waals surface area contributed by atoms with Gasteiger partial charge in [-0.25, -0.2) is 4.79 Å². The summed E-state index contributed by atoms with van der Waals surface area (Å²) in [7, 11) is 3.21. The summed E-state index contributed by atoms with van der Waals surface area (Å²) < 4.78 is 5.96. The monoisotopic (exact) mass is 362 g/mol. The second-order valence-corrected chi connectivity index (χ2v) is 5.26. The van der Waals surface area contributed by atoms with Crippen LogP contribution in [0.4, 0.5) is 5.69 Å². The third-order valence-electron chi connectivity index (χ3n) is 2.31. The van der Waals surface area contributed by atoms with Gasteiger partial charge in [-0.05, 0) is 47.7 Å². The topological polar surface area (TPSA) is 72.6 Å². The molecule has 1 aromatic rings. The maximum Gasteiger partial charge on any atom is 0.341 e. The Morgan fingerprint density at radius 2 is 2.00 bits per heavy atom. The number of hydrogen-bond acceptors (Lipinski definition) is 4. The van der Waals surface area contributed by atoms with Crippen LogP contribution in [0.2, 0.25) is 0 Å². The second kappa shape index (κ2) is 6.03. The minimum absolute atomic E-state index is 0.271. The van der Waals surface area contributed by atoms with Crippen LogP contribution < -0.4 is 5.73 Å². The zero-order valence-electron chi connectivity index (χ0n) is 10.4. The molecular weight excluding hydrogens is 347 g/mol. The van der Waals surface area contributed by atoms with E-state index in [1.165, 1.54) is 11.8 Å². The number of nitrogens with zero attached hydrogens (tertiary/aromatic N) is 1. The Balaban J connectivity index is 2.83. The van der Waals surface area contributed by atoms with Gasteiger partial charge in [-0.1, -0.05) is 0 Å². The first-order valence-electron chi connectivity index (χ1n) is 5.30. The van der Waals surface area contributed by atoms with Crippen LogP contribution in [0.3, 0.4) is 0 Å². The fourth-order valence-electron chi connectivity index (χ4n) is 1.34. The third-order valence-corrected chi connectivity index (χ3v) is 2.98. The summed E-state index contributed by atoms with van der Waals surface area (Å²) in [5.74, 6) is -0.860. The van der Waals surface area contributed by atoms with Gasteiger partial charge in [0.15, 0.2) is 6.10 Å². The standard InChI is InChI=1S/C12H15IN2O3/c1-7(11(16)15(2)3)18-12(17)9-6-8(13)4-5-10(9)14/h4-7H,14H2,1-3H3/t7-/m1/s1. The predicted molar refractivity (Wildman–Crippen MR) is 77.1 cm³/mol. The van der Waals surface area contributed by atoms with Crippen molar-refractivity contribution in [1.29, 1.82) is 0 Å². The smallest absolute Gasteiger partial charge is 0.341 e. The van der Waals surface area contributed by atoms with Crippen LogP contribution in [0, 0.1) is 3.57 Å². The third kappa shape index (κ3) is 3.59. The summed E-state index contributed by atoms with van der Waals surface area (Å²) in [6.45, 7) is 1.53. The minimum atomic E-state index is -0.829. The number of likely N-dealkylation sites (N-methyl/N-ethyl adjacent to an activating group) is 1. The first-order valence-corrected chi connectivity index (χ1v) is 6.38. The van der Waals surface area contributed by atoms with Crippen molar-refractivity contribution in [2.45, 2.75) is 13.0 Å². The highest BCUT2D eigenvalue weighted by atomic mass is 127. The highest BCUT2D eigenvalue weighted by Crippen LogP contribution is 2.17. The highest BCUT2D eigenvalue weighted by Gasteiger charge is 2.21. The van der Waals surface area contributed by atoms with E-state index in [-0.39, 0.29) is 11.5 Å². The number of anilines is 1. The zero-order chi connectivity index (χ0) is 13.9. The van der Waals surface area contributed by atoms with Crippen molar-refractivity contribution in [2.24, 2.45) is 0 Å². The van der Waals surface area contributed by atoms with Crippen LogP contribution in [-0.2, 0) is 9.53 Å². The largest absolute Gasteiger partial charge is 0.449 e. The van der Waals surface area contributed by atoms with Crippen molar-refractivity contribution in [3.8, 4) is 0 Å². The average molecular weight is 362 g/mol. The molecule has 0 saturated heterocycles. The Bertz CT molecular complexity index is 474. The summed E-state index contributed by atoms with van der Waals surface area (Å²) in [5.41, 5.74) is 6.32. The Morgan fingerprint density at radius 1 is 1.39 bits per heavy atom. The van der Waals surface area contributed by atoms with Gasteiger partial charge in [0.2, 0.25) is 0 Å². The molecule has 5 nitrogen and oxygen atoms in total. The maximum absolute atomic E-state index is 11.9. The number of hydrogen-bond donors (Lipinski definition) is 1. The molecule has 0 aliphatic rings. The van der Waals surface area contributed by atoms with Gasteiger partial charge in [-0.3, -0.25) is 4.79 Å². The number of halogens is 1. The summed E-state index contributed by atoms with van der Waals surface area (Å²) in [6.07, 6.45) is -0.829. The molecule has 0 fully saturated rings. The molecule has 0 spiro atoms. The number of amides is 1. The van der Waals surface area contributed by atoms with Crippen molar-refractivity contribution in [2.75, 3.05) is 19.8 Å². The molecule has 0 aromatic heterocycles. The number of nitrogens with two attached hydrogens (primary N) is 1. The summed E-state index contributed by atoms with van der Waals surface area (Å²) in [6, 6.07) is 5.06. The van der Waals surface area contributed by atoms with Crippen molar-refractivity contribution in [3.63, 3.8) is 0 Å². The van der Waals surface area contributed by atoms with Gasteiger partial charge in [0.1, 0.15) is 0 Å². The molecule has 6 heteroatoms. The molecule has 0 bridgehead atoms. The lowest BCUT2D eigenvalue weighted by Gasteiger charge is -2.17. The fourth-order valence-corrected chi connectivity index (χ4v) is 1.83. The molecule has 0 heterocycles. The van der Waals surface area contributed by atoms with E-state index < -0.39 is 12.1 Å². The summed E-state index contributed by atoms with van der Waals surface area (Å²) in [5, 5.41) is 0. The number of carbonyl (C=O) groups excluding carboxylic acids is 2. The van der Waals surface area contributed by atoms with Crippen LogP contribution in [0.25, 0.3) is 0 Å². The lowest BCUT2D eigenvalue weighted by atomic mass is 10.2. The van der Waals surface area contributed by atoms with E-state index in [0.29, 0.717) is 5.69 Å². The lowest BCUT2D eigenvalue weighted by Crippen LogP contribution is -2.35. The minimum Gasteiger partial charge on any atom is -0.449 e. The number of nitrogen functional groups attached to an aromatic ring is 1. The molecule has 0 aliphatic heterocycles. The van der Waals surface area contributed by atoms with E-state index in [9.17, 15) is 9.59 Å². The average Bonchev–Trinajstić information content (AvgIpc) is 2.30. The Labute approximate surface area is 119 Å². The molecule has 0 aliphatic carbocycles. The second-order valence-electron chi connectivity index (χ2n) is 4.01. The number of carbonyl (C=O) groups is 2. The van der Waals surface area contributed by atoms with Gasteiger partial charge >= 0.3 is 5.97 Å². The Morgan fingerprint density at radius 3 is 2.56 bits per heavy atom. The molecule has 2 N–H and O–H groups in total. The first-order chi connectivity index (χ1) is 8.32. The Hall–Kier alpha value is -1.31. The highest BCUT2D eigenvalue weighted by molar-refractivity contribution is 14.1. The predicted octanol–water partition coefficient (Wildman–Crippen LogP) is 1.51. The van der Waals surface area contributed by atoms with Crippen LogP contribution in [0.15, 0.2) is 18.2 Å². The van der Waals surface area contributed by atoms with E-state index in [4.69, 9.17) is 10.5 Å². The van der Waals surface area contributed by atoms with E-state index in [1.54, 1.807) is 32.3 Å². The number of rotatable bonds is 3. The normalized spacial score (nSPS) is 11.8. The van der Waals surface area contributed by atoms with E-state index >= 15 is 0 Å². The van der Waals surface area contributed by atoms with Crippen LogP contribution >= 0.6 is 22.6 Å². The molecule has 0 unspecified atom stereocenters. The molecule has 1 atom stereocenters. The molecule has 98 valence electrons. The van der Waals surface area contributed by atoms with Crippen LogP contribution in [0.5, 0.6) is 0 Å².